The summed E-state index contributed by atoms with van der Waals surface area (Å²) >= 11 is 0. The van der Waals surface area contributed by atoms with Gasteiger partial charge in [-0.15, -0.1) is 0 Å². The van der Waals surface area contributed by atoms with Crippen LogP contribution in [0.2, 0.25) is 0 Å². The molecule has 0 heterocycles. The summed E-state index contributed by atoms with van der Waals surface area (Å²) in [6.45, 7) is 0. The van der Waals surface area contributed by atoms with Crippen molar-refractivity contribution in [1.29, 1.82) is 0 Å². The monoisotopic (exact) mass is 300 g/mol. The normalized spacial score (nSPS) is 13.2. The minimum Gasteiger partial charge on any atom is -0.496 e. The number of rotatable bonds is 6. The molecule has 0 saturated heterocycles. The Bertz CT molecular complexity index is 609. The molecular formula is C18H20O4. The molecule has 2 rings (SSSR count). The van der Waals surface area contributed by atoms with E-state index < -0.39 is 18.0 Å². The topological polar surface area (TPSA) is 55.8 Å². The summed E-state index contributed by atoms with van der Waals surface area (Å²) in [4.78, 5) is 12.1. The predicted octanol–water partition coefficient (Wildman–Crippen LogP) is 2.76. The van der Waals surface area contributed by atoms with Crippen molar-refractivity contribution in [3.63, 3.8) is 0 Å². The maximum Gasteiger partial charge on any atom is 0.311 e. The van der Waals surface area contributed by atoms with E-state index in [4.69, 9.17) is 9.47 Å². The molecular weight excluding hydrogens is 280 g/mol. The Kier molecular flexibility index (Phi) is 5.55. The van der Waals surface area contributed by atoms with E-state index in [2.05, 4.69) is 0 Å². The van der Waals surface area contributed by atoms with Crippen molar-refractivity contribution in [2.75, 3.05) is 14.2 Å². The second-order valence-corrected chi connectivity index (χ2v) is 5.01. The minimum atomic E-state index is -0.996. The highest BCUT2D eigenvalue weighted by atomic mass is 16.5. The third-order valence-electron chi connectivity index (χ3n) is 3.64. The van der Waals surface area contributed by atoms with Gasteiger partial charge in [0.2, 0.25) is 0 Å². The molecule has 0 aliphatic heterocycles. The Morgan fingerprint density at radius 1 is 1.05 bits per heavy atom. The standard InChI is InChI=1S/C18H20O4/c1-21-16-11-7-6-10-14(16)17(19)15(18(20)22-2)12-13-8-4-3-5-9-13/h3-11,15,17,19H,12H2,1-2H3. The van der Waals surface area contributed by atoms with E-state index in [0.29, 0.717) is 17.7 Å². The van der Waals surface area contributed by atoms with Crippen molar-refractivity contribution in [1.82, 2.24) is 0 Å². The molecule has 0 saturated carbocycles. The zero-order chi connectivity index (χ0) is 15.9. The van der Waals surface area contributed by atoms with Gasteiger partial charge >= 0.3 is 5.97 Å². The third-order valence-corrected chi connectivity index (χ3v) is 3.64. The molecule has 2 aromatic carbocycles. The van der Waals surface area contributed by atoms with Crippen LogP contribution in [0, 0.1) is 5.92 Å². The highest BCUT2D eigenvalue weighted by Gasteiger charge is 2.30. The highest BCUT2D eigenvalue weighted by molar-refractivity contribution is 5.74. The van der Waals surface area contributed by atoms with Crippen LogP contribution >= 0.6 is 0 Å². The first-order chi connectivity index (χ1) is 10.7. The average Bonchev–Trinajstić information content (AvgIpc) is 2.59. The summed E-state index contributed by atoms with van der Waals surface area (Å²) in [7, 11) is 2.87. The molecule has 2 unspecified atom stereocenters. The molecule has 2 atom stereocenters. The molecule has 1 N–H and O–H groups in total. The molecule has 0 aliphatic rings. The van der Waals surface area contributed by atoms with Crippen molar-refractivity contribution in [3.8, 4) is 5.75 Å². The molecule has 0 amide bonds. The summed E-state index contributed by atoms with van der Waals surface area (Å²) in [5, 5.41) is 10.7. The van der Waals surface area contributed by atoms with Gasteiger partial charge < -0.3 is 14.6 Å². The maximum absolute atomic E-state index is 12.1. The lowest BCUT2D eigenvalue weighted by atomic mass is 9.89. The highest BCUT2D eigenvalue weighted by Crippen LogP contribution is 2.32. The lowest BCUT2D eigenvalue weighted by Crippen LogP contribution is -2.26. The molecule has 0 aliphatic carbocycles. The molecule has 0 radical (unpaired) electrons. The molecule has 4 nitrogen and oxygen atoms in total. The molecule has 0 spiro atoms. The second-order valence-electron chi connectivity index (χ2n) is 5.01. The fraction of sp³-hybridized carbons (Fsp3) is 0.278. The molecule has 4 heteroatoms. The van der Waals surface area contributed by atoms with Gasteiger partial charge in [-0.1, -0.05) is 48.5 Å². The number of ether oxygens (including phenoxy) is 2. The number of benzene rings is 2. The molecule has 116 valence electrons. The van der Waals surface area contributed by atoms with Crippen molar-refractivity contribution in [2.24, 2.45) is 5.92 Å². The maximum atomic E-state index is 12.1. The van der Waals surface area contributed by atoms with Crippen LogP contribution in [-0.4, -0.2) is 25.3 Å². The van der Waals surface area contributed by atoms with Gasteiger partial charge in [-0.2, -0.15) is 0 Å². The van der Waals surface area contributed by atoms with Crippen LogP contribution in [0.1, 0.15) is 17.2 Å². The van der Waals surface area contributed by atoms with Gasteiger partial charge in [0.05, 0.1) is 26.2 Å². The molecule has 2 aromatic rings. The number of esters is 1. The summed E-state index contributed by atoms with van der Waals surface area (Å²) in [6.07, 6.45) is -0.601. The van der Waals surface area contributed by atoms with Crippen LogP contribution < -0.4 is 4.74 Å². The van der Waals surface area contributed by atoms with Gasteiger partial charge in [-0.25, -0.2) is 0 Å². The lowest BCUT2D eigenvalue weighted by Gasteiger charge is -2.22. The Morgan fingerprint density at radius 2 is 1.68 bits per heavy atom. The number of carbonyl (C=O) groups is 1. The van der Waals surface area contributed by atoms with Crippen molar-refractivity contribution < 1.29 is 19.4 Å². The van der Waals surface area contributed by atoms with E-state index in [1.165, 1.54) is 14.2 Å². The zero-order valence-corrected chi connectivity index (χ0v) is 12.7. The Balaban J connectivity index is 2.30. The fourth-order valence-electron chi connectivity index (χ4n) is 2.47. The van der Waals surface area contributed by atoms with Crippen molar-refractivity contribution >= 4 is 5.97 Å². The quantitative estimate of drug-likeness (QED) is 0.833. The Labute approximate surface area is 130 Å². The average molecular weight is 300 g/mol. The van der Waals surface area contributed by atoms with E-state index in [1.807, 2.05) is 36.4 Å². The largest absolute Gasteiger partial charge is 0.496 e. The minimum absolute atomic E-state index is 0.396. The van der Waals surface area contributed by atoms with Crippen LogP contribution in [0.15, 0.2) is 54.6 Å². The Hall–Kier alpha value is -2.33. The number of hydrogen-bond acceptors (Lipinski definition) is 4. The van der Waals surface area contributed by atoms with E-state index in [0.717, 1.165) is 5.56 Å². The van der Waals surface area contributed by atoms with Gasteiger partial charge in [0.1, 0.15) is 5.75 Å². The molecule has 0 fully saturated rings. The predicted molar refractivity (Wildman–Crippen MR) is 83.6 cm³/mol. The Morgan fingerprint density at radius 3 is 2.32 bits per heavy atom. The van der Waals surface area contributed by atoms with Crippen LogP contribution in [0.4, 0.5) is 0 Å². The summed E-state index contributed by atoms with van der Waals surface area (Å²) in [6, 6.07) is 16.7. The summed E-state index contributed by atoms with van der Waals surface area (Å²) in [5.41, 5.74) is 1.54. The summed E-state index contributed by atoms with van der Waals surface area (Å²) in [5.74, 6) is -0.581. The van der Waals surface area contributed by atoms with E-state index >= 15 is 0 Å². The van der Waals surface area contributed by atoms with Gasteiger partial charge in [-0.3, -0.25) is 4.79 Å². The van der Waals surface area contributed by atoms with Gasteiger partial charge in [-0.05, 0) is 18.1 Å². The van der Waals surface area contributed by atoms with Gasteiger partial charge in [0.15, 0.2) is 0 Å². The lowest BCUT2D eigenvalue weighted by molar-refractivity contribution is -0.149. The van der Waals surface area contributed by atoms with Gasteiger partial charge in [0, 0.05) is 5.56 Å². The van der Waals surface area contributed by atoms with E-state index in [9.17, 15) is 9.90 Å². The number of carbonyl (C=O) groups excluding carboxylic acids is 1. The van der Waals surface area contributed by atoms with Crippen molar-refractivity contribution in [3.05, 3.63) is 65.7 Å². The van der Waals surface area contributed by atoms with E-state index in [1.54, 1.807) is 18.2 Å². The van der Waals surface area contributed by atoms with E-state index in [-0.39, 0.29) is 0 Å². The number of para-hydroxylation sites is 1. The van der Waals surface area contributed by atoms with Crippen LogP contribution in [-0.2, 0) is 16.0 Å². The van der Waals surface area contributed by atoms with Gasteiger partial charge in [0.25, 0.3) is 0 Å². The molecule has 0 bridgehead atoms. The first-order valence-electron chi connectivity index (χ1n) is 7.10. The molecule has 22 heavy (non-hydrogen) atoms. The van der Waals surface area contributed by atoms with Crippen LogP contribution in [0.25, 0.3) is 0 Å². The smallest absolute Gasteiger partial charge is 0.311 e. The van der Waals surface area contributed by atoms with Crippen LogP contribution in [0.3, 0.4) is 0 Å². The third kappa shape index (κ3) is 3.65. The second kappa shape index (κ2) is 7.61. The first-order valence-corrected chi connectivity index (χ1v) is 7.10. The number of aliphatic hydroxyl groups excluding tert-OH is 1. The first kappa shape index (κ1) is 16.0. The fourth-order valence-corrected chi connectivity index (χ4v) is 2.47. The number of aliphatic hydroxyl groups is 1. The number of methoxy groups -OCH3 is 2. The molecule has 0 aromatic heterocycles. The van der Waals surface area contributed by atoms with Crippen molar-refractivity contribution in [2.45, 2.75) is 12.5 Å². The van der Waals surface area contributed by atoms with Crippen LogP contribution in [0.5, 0.6) is 5.75 Å². The zero-order valence-electron chi connectivity index (χ0n) is 12.7. The SMILES string of the molecule is COC(=O)C(Cc1ccccc1)C(O)c1ccccc1OC. The summed E-state index contributed by atoms with van der Waals surface area (Å²) < 4.78 is 10.1. The number of hydrogen-bond donors (Lipinski definition) is 1.